The molecule has 0 unspecified atom stereocenters. The van der Waals surface area contributed by atoms with Gasteiger partial charge in [-0.15, -0.1) is 0 Å². The number of aryl methyl sites for hydroxylation is 2. The Kier molecular flexibility index (Phi) is 7.51. The molecule has 8 nitrogen and oxygen atoms in total. The van der Waals surface area contributed by atoms with Gasteiger partial charge in [0.15, 0.2) is 5.78 Å². The molecule has 0 radical (unpaired) electrons. The number of aromatic nitrogens is 1. The number of para-hydroxylation sites is 1. The number of nitrogens with zero attached hydrogens (tertiary/aromatic N) is 2. The molecule has 1 saturated heterocycles. The van der Waals surface area contributed by atoms with Gasteiger partial charge in [0.25, 0.3) is 11.1 Å². The monoisotopic (exact) mass is 541 g/mol. The molecule has 3 amide bonds. The first kappa shape index (κ1) is 26.2. The van der Waals surface area contributed by atoms with E-state index in [1.54, 1.807) is 36.6 Å². The fraction of sp³-hybridized carbons (Fsp3) is 0.200. The summed E-state index contributed by atoms with van der Waals surface area (Å²) in [5.74, 6) is -0.333. The Morgan fingerprint density at radius 2 is 1.82 bits per heavy atom. The van der Waals surface area contributed by atoms with E-state index in [0.717, 1.165) is 50.7 Å². The maximum atomic E-state index is 13.2. The minimum Gasteiger partial charge on any atom is -0.467 e. The van der Waals surface area contributed by atoms with Crippen molar-refractivity contribution in [1.82, 2.24) is 14.8 Å². The summed E-state index contributed by atoms with van der Waals surface area (Å²) < 4.78 is 7.15. The Morgan fingerprint density at radius 1 is 1.03 bits per heavy atom. The van der Waals surface area contributed by atoms with Crippen LogP contribution in [0.4, 0.5) is 4.79 Å². The summed E-state index contributed by atoms with van der Waals surface area (Å²) in [5.41, 5.74) is 4.13. The van der Waals surface area contributed by atoms with Crippen molar-refractivity contribution in [2.75, 3.05) is 6.54 Å². The highest BCUT2D eigenvalue weighted by atomic mass is 32.2. The van der Waals surface area contributed by atoms with Crippen LogP contribution in [0.2, 0.25) is 0 Å². The van der Waals surface area contributed by atoms with Crippen LogP contribution in [-0.2, 0) is 29.1 Å². The molecule has 0 aliphatic carbocycles. The lowest BCUT2D eigenvalue weighted by Crippen LogP contribution is -2.33. The molecular formula is C30H27N3O5S. The van der Waals surface area contributed by atoms with Crippen LogP contribution in [0, 0.1) is 6.92 Å². The van der Waals surface area contributed by atoms with Crippen LogP contribution >= 0.6 is 11.8 Å². The van der Waals surface area contributed by atoms with Crippen molar-refractivity contribution < 1.29 is 23.6 Å². The second-order valence-corrected chi connectivity index (χ2v) is 10.3. The van der Waals surface area contributed by atoms with Gasteiger partial charge in [0.2, 0.25) is 5.91 Å². The second-order valence-electron chi connectivity index (χ2n) is 9.29. The van der Waals surface area contributed by atoms with E-state index in [1.165, 1.54) is 0 Å². The lowest BCUT2D eigenvalue weighted by atomic mass is 10.1. The van der Waals surface area contributed by atoms with Crippen molar-refractivity contribution >= 4 is 51.6 Å². The van der Waals surface area contributed by atoms with Crippen molar-refractivity contribution in [2.45, 2.75) is 33.4 Å². The molecule has 1 aliphatic rings. The number of imide groups is 1. The third kappa shape index (κ3) is 5.58. The van der Waals surface area contributed by atoms with E-state index < -0.39 is 11.1 Å². The lowest BCUT2D eigenvalue weighted by Gasteiger charge is -2.11. The number of thioether (sulfide) groups is 1. The van der Waals surface area contributed by atoms with Gasteiger partial charge in [-0.3, -0.25) is 24.1 Å². The SMILES string of the molecule is CCc1cccc2c(/C=C3\SC(=O)N(CC(=O)c4ccc(C)cc4)C3=O)cn(CC(=O)NCc3ccco3)c12. The number of hydrogen-bond acceptors (Lipinski definition) is 6. The fourth-order valence-electron chi connectivity index (χ4n) is 4.55. The van der Waals surface area contributed by atoms with Crippen LogP contribution in [0.5, 0.6) is 0 Å². The van der Waals surface area contributed by atoms with Crippen molar-refractivity contribution in [1.29, 1.82) is 0 Å². The maximum absolute atomic E-state index is 13.2. The predicted molar refractivity (Wildman–Crippen MR) is 150 cm³/mol. The molecular weight excluding hydrogens is 514 g/mol. The highest BCUT2D eigenvalue weighted by Crippen LogP contribution is 2.35. The molecule has 198 valence electrons. The van der Waals surface area contributed by atoms with Crippen molar-refractivity contribution in [3.8, 4) is 0 Å². The standard InChI is InChI=1S/C30H27N3O5S/c1-3-20-6-4-8-24-22(16-32(28(20)24)18-27(35)31-15-23-7-5-13-38-23)14-26-29(36)33(30(37)39-26)17-25(34)21-11-9-19(2)10-12-21/h4-14,16H,3,15,17-18H2,1-2H3,(H,31,35)/b26-14-. The molecule has 2 aromatic carbocycles. The Labute approximate surface area is 229 Å². The van der Waals surface area contributed by atoms with Gasteiger partial charge in [-0.2, -0.15) is 0 Å². The van der Waals surface area contributed by atoms with E-state index in [1.807, 2.05) is 54.9 Å². The van der Waals surface area contributed by atoms with E-state index in [-0.39, 0.29) is 36.2 Å². The number of fused-ring (bicyclic) bond motifs is 1. The van der Waals surface area contributed by atoms with Gasteiger partial charge in [0.05, 0.1) is 29.8 Å². The fourth-order valence-corrected chi connectivity index (χ4v) is 5.38. The molecule has 2 aromatic heterocycles. The maximum Gasteiger partial charge on any atom is 0.293 e. The number of furan rings is 1. The van der Waals surface area contributed by atoms with Gasteiger partial charge in [-0.05, 0) is 48.9 Å². The smallest absolute Gasteiger partial charge is 0.293 e. The zero-order valence-electron chi connectivity index (χ0n) is 21.6. The summed E-state index contributed by atoms with van der Waals surface area (Å²) in [6.45, 7) is 4.01. The summed E-state index contributed by atoms with van der Waals surface area (Å²) in [4.78, 5) is 52.6. The van der Waals surface area contributed by atoms with Crippen LogP contribution in [-0.4, -0.2) is 38.8 Å². The minimum atomic E-state index is -0.505. The van der Waals surface area contributed by atoms with E-state index >= 15 is 0 Å². The highest BCUT2D eigenvalue weighted by molar-refractivity contribution is 8.18. The summed E-state index contributed by atoms with van der Waals surface area (Å²) in [6, 6.07) is 16.5. The van der Waals surface area contributed by atoms with Gasteiger partial charge < -0.3 is 14.3 Å². The molecule has 1 aliphatic heterocycles. The third-order valence-corrected chi connectivity index (χ3v) is 7.49. The summed E-state index contributed by atoms with van der Waals surface area (Å²) in [6.07, 6.45) is 5.80. The van der Waals surface area contributed by atoms with Crippen LogP contribution < -0.4 is 5.32 Å². The van der Waals surface area contributed by atoms with E-state index in [2.05, 4.69) is 5.32 Å². The number of rotatable bonds is 9. The number of ketones is 1. The topological polar surface area (TPSA) is 102 Å². The normalized spacial score (nSPS) is 14.5. The highest BCUT2D eigenvalue weighted by Gasteiger charge is 2.36. The Balaban J connectivity index is 1.39. The average Bonchev–Trinajstić information content (AvgIpc) is 3.64. The Morgan fingerprint density at radius 3 is 2.54 bits per heavy atom. The van der Waals surface area contributed by atoms with Crippen molar-refractivity contribution in [3.05, 3.63) is 100.0 Å². The number of carbonyl (C=O) groups excluding carboxylic acids is 4. The minimum absolute atomic E-state index is 0.0780. The molecule has 3 heterocycles. The molecule has 0 spiro atoms. The average molecular weight is 542 g/mol. The van der Waals surface area contributed by atoms with Gasteiger partial charge in [0.1, 0.15) is 12.3 Å². The van der Waals surface area contributed by atoms with Crippen molar-refractivity contribution in [2.24, 2.45) is 0 Å². The molecule has 5 rings (SSSR count). The van der Waals surface area contributed by atoms with Crippen LogP contribution in [0.25, 0.3) is 17.0 Å². The van der Waals surface area contributed by atoms with Gasteiger partial charge in [-0.1, -0.05) is 55.0 Å². The van der Waals surface area contributed by atoms with E-state index in [9.17, 15) is 19.2 Å². The largest absolute Gasteiger partial charge is 0.467 e. The summed E-state index contributed by atoms with van der Waals surface area (Å²) >= 11 is 0.812. The number of nitrogens with one attached hydrogen (secondary N) is 1. The number of carbonyl (C=O) groups is 4. The van der Waals surface area contributed by atoms with Crippen LogP contribution in [0.15, 0.2) is 76.4 Å². The molecule has 4 aromatic rings. The summed E-state index contributed by atoms with van der Waals surface area (Å²) in [5, 5.41) is 3.25. The van der Waals surface area contributed by atoms with Gasteiger partial charge >= 0.3 is 0 Å². The zero-order chi connectivity index (χ0) is 27.5. The molecule has 9 heteroatoms. The first-order chi connectivity index (χ1) is 18.8. The molecule has 1 N–H and O–H groups in total. The number of benzene rings is 2. The predicted octanol–water partition coefficient (Wildman–Crippen LogP) is 5.34. The first-order valence-corrected chi connectivity index (χ1v) is 13.4. The number of amides is 3. The number of Topliss-reactive ketones (excluding diaryl/α,β-unsaturated/α-hetero) is 1. The third-order valence-electron chi connectivity index (χ3n) is 6.58. The second kappa shape index (κ2) is 11.2. The van der Waals surface area contributed by atoms with Gasteiger partial charge in [-0.25, -0.2) is 0 Å². The molecule has 0 atom stereocenters. The molecule has 1 fully saturated rings. The van der Waals surface area contributed by atoms with Crippen molar-refractivity contribution in [3.63, 3.8) is 0 Å². The first-order valence-electron chi connectivity index (χ1n) is 12.6. The molecule has 0 bridgehead atoms. The van der Waals surface area contributed by atoms with Gasteiger partial charge in [0, 0.05) is 22.7 Å². The van der Waals surface area contributed by atoms with E-state index in [0.29, 0.717) is 11.3 Å². The Bertz CT molecular complexity index is 1600. The zero-order valence-corrected chi connectivity index (χ0v) is 22.4. The quantitative estimate of drug-likeness (QED) is 0.227. The molecule has 39 heavy (non-hydrogen) atoms. The van der Waals surface area contributed by atoms with Crippen LogP contribution in [0.3, 0.4) is 0 Å². The Hall–Kier alpha value is -4.37. The summed E-state index contributed by atoms with van der Waals surface area (Å²) in [7, 11) is 0. The lowest BCUT2D eigenvalue weighted by molar-refractivity contribution is -0.123. The van der Waals surface area contributed by atoms with Crippen LogP contribution in [0.1, 0.15) is 39.7 Å². The molecule has 0 saturated carbocycles. The number of hydrogen-bond donors (Lipinski definition) is 1. The van der Waals surface area contributed by atoms with E-state index in [4.69, 9.17) is 4.42 Å².